The summed E-state index contributed by atoms with van der Waals surface area (Å²) in [6.07, 6.45) is 0. The maximum Gasteiger partial charge on any atom is 0.131 e. The molecule has 1 aromatic carbocycles. The van der Waals surface area contributed by atoms with Crippen LogP contribution in [0.2, 0.25) is 0 Å². The van der Waals surface area contributed by atoms with Crippen molar-refractivity contribution in [2.75, 3.05) is 20.0 Å². The van der Waals surface area contributed by atoms with Crippen LogP contribution in [0.4, 0.5) is 5.82 Å². The summed E-state index contributed by atoms with van der Waals surface area (Å²) in [4.78, 5) is 8.61. The van der Waals surface area contributed by atoms with Crippen LogP contribution in [0.3, 0.4) is 0 Å². The van der Waals surface area contributed by atoms with E-state index in [0.29, 0.717) is 17.4 Å². The van der Waals surface area contributed by atoms with Crippen LogP contribution in [0.1, 0.15) is 11.4 Å². The highest BCUT2D eigenvalue weighted by atomic mass is 16.5. The Morgan fingerprint density at radius 1 is 1.05 bits per heavy atom. The Morgan fingerprint density at radius 3 is 2.42 bits per heavy atom. The largest absolute Gasteiger partial charge is 0.497 e. The summed E-state index contributed by atoms with van der Waals surface area (Å²) in [5.41, 5.74) is 8.39. The van der Waals surface area contributed by atoms with Crippen LogP contribution in [0.5, 0.6) is 11.5 Å². The van der Waals surface area contributed by atoms with E-state index in [1.165, 1.54) is 0 Å². The lowest BCUT2D eigenvalue weighted by molar-refractivity contribution is 0.395. The van der Waals surface area contributed by atoms with Crippen molar-refractivity contribution in [2.24, 2.45) is 0 Å². The van der Waals surface area contributed by atoms with E-state index in [-0.39, 0.29) is 0 Å². The lowest BCUT2D eigenvalue weighted by Crippen LogP contribution is -2.03. The molecule has 19 heavy (non-hydrogen) atoms. The van der Waals surface area contributed by atoms with Crippen molar-refractivity contribution in [2.45, 2.75) is 13.8 Å². The number of methoxy groups -OCH3 is 2. The molecule has 2 rings (SSSR count). The van der Waals surface area contributed by atoms with Crippen LogP contribution in [0, 0.1) is 13.8 Å². The van der Waals surface area contributed by atoms with Gasteiger partial charge in [-0.3, -0.25) is 0 Å². The van der Waals surface area contributed by atoms with Crippen LogP contribution in [0.15, 0.2) is 18.2 Å². The zero-order valence-electron chi connectivity index (χ0n) is 11.5. The summed E-state index contributed by atoms with van der Waals surface area (Å²) in [5, 5.41) is 0. The fourth-order valence-electron chi connectivity index (χ4n) is 1.91. The molecule has 0 bridgehead atoms. The topological polar surface area (TPSA) is 70.3 Å². The average Bonchev–Trinajstić information content (AvgIpc) is 2.42. The van der Waals surface area contributed by atoms with E-state index in [0.717, 1.165) is 22.6 Å². The number of hydrogen-bond acceptors (Lipinski definition) is 5. The molecule has 0 aliphatic rings. The number of nitrogen functional groups attached to an aromatic ring is 1. The molecule has 0 spiro atoms. The maximum atomic E-state index is 5.89. The van der Waals surface area contributed by atoms with Gasteiger partial charge >= 0.3 is 0 Å². The predicted octanol–water partition coefficient (Wildman–Crippen LogP) is 2.36. The Hall–Kier alpha value is -2.30. The highest BCUT2D eigenvalue weighted by Crippen LogP contribution is 2.34. The van der Waals surface area contributed by atoms with Gasteiger partial charge in [-0.15, -0.1) is 0 Å². The van der Waals surface area contributed by atoms with Crippen LogP contribution >= 0.6 is 0 Å². The first-order valence-electron chi connectivity index (χ1n) is 5.90. The minimum atomic E-state index is 0.486. The third-order valence-corrected chi connectivity index (χ3v) is 2.96. The smallest absolute Gasteiger partial charge is 0.131 e. The number of rotatable bonds is 3. The Labute approximate surface area is 112 Å². The van der Waals surface area contributed by atoms with E-state index in [2.05, 4.69) is 9.97 Å². The lowest BCUT2D eigenvalue weighted by Gasteiger charge is -2.13. The van der Waals surface area contributed by atoms with E-state index >= 15 is 0 Å². The first kappa shape index (κ1) is 13.1. The SMILES string of the molecule is COc1ccc(-c2nc(C)nc(N)c2C)c(OC)c1. The Kier molecular flexibility index (Phi) is 3.55. The van der Waals surface area contributed by atoms with Gasteiger partial charge in [0.25, 0.3) is 0 Å². The number of nitrogens with two attached hydrogens (primary N) is 1. The second-order valence-electron chi connectivity index (χ2n) is 4.20. The van der Waals surface area contributed by atoms with Crippen molar-refractivity contribution in [3.05, 3.63) is 29.6 Å². The molecule has 0 radical (unpaired) electrons. The van der Waals surface area contributed by atoms with Gasteiger partial charge in [0.1, 0.15) is 23.1 Å². The lowest BCUT2D eigenvalue weighted by atomic mass is 10.1. The van der Waals surface area contributed by atoms with Crippen LogP contribution < -0.4 is 15.2 Å². The second kappa shape index (κ2) is 5.14. The van der Waals surface area contributed by atoms with Crippen LogP contribution in [0.25, 0.3) is 11.3 Å². The third kappa shape index (κ3) is 2.45. The number of nitrogens with zero attached hydrogens (tertiary/aromatic N) is 2. The molecular weight excluding hydrogens is 242 g/mol. The minimum absolute atomic E-state index is 0.486. The molecule has 2 aromatic rings. The van der Waals surface area contributed by atoms with Gasteiger partial charge in [-0.25, -0.2) is 9.97 Å². The predicted molar refractivity (Wildman–Crippen MR) is 74.5 cm³/mol. The molecule has 100 valence electrons. The Bertz CT molecular complexity index is 612. The van der Waals surface area contributed by atoms with Gasteiger partial charge in [0.2, 0.25) is 0 Å². The number of aryl methyl sites for hydroxylation is 1. The number of hydrogen-bond donors (Lipinski definition) is 1. The Morgan fingerprint density at radius 2 is 1.79 bits per heavy atom. The molecule has 1 heterocycles. The molecule has 0 fully saturated rings. The van der Waals surface area contributed by atoms with Gasteiger partial charge in [-0.05, 0) is 26.0 Å². The molecule has 0 amide bonds. The van der Waals surface area contributed by atoms with Gasteiger partial charge in [-0.2, -0.15) is 0 Å². The minimum Gasteiger partial charge on any atom is -0.497 e. The molecule has 1 aromatic heterocycles. The maximum absolute atomic E-state index is 5.89. The average molecular weight is 259 g/mol. The van der Waals surface area contributed by atoms with E-state index in [4.69, 9.17) is 15.2 Å². The van der Waals surface area contributed by atoms with Crippen LogP contribution in [-0.2, 0) is 0 Å². The summed E-state index contributed by atoms with van der Waals surface area (Å²) in [5.74, 6) is 2.55. The number of aromatic nitrogens is 2. The van der Waals surface area contributed by atoms with E-state index in [9.17, 15) is 0 Å². The van der Waals surface area contributed by atoms with Crippen molar-refractivity contribution >= 4 is 5.82 Å². The fraction of sp³-hybridized carbons (Fsp3) is 0.286. The van der Waals surface area contributed by atoms with Gasteiger partial charge in [0.15, 0.2) is 0 Å². The van der Waals surface area contributed by atoms with Gasteiger partial charge < -0.3 is 15.2 Å². The zero-order chi connectivity index (χ0) is 14.0. The summed E-state index contributed by atoms with van der Waals surface area (Å²) >= 11 is 0. The molecule has 0 atom stereocenters. The van der Waals surface area contributed by atoms with Crippen molar-refractivity contribution in [3.8, 4) is 22.8 Å². The molecule has 0 saturated carbocycles. The van der Waals surface area contributed by atoms with Gasteiger partial charge in [0.05, 0.1) is 19.9 Å². The quantitative estimate of drug-likeness (QED) is 0.916. The summed E-state index contributed by atoms with van der Waals surface area (Å²) in [6, 6.07) is 5.60. The van der Waals surface area contributed by atoms with Gasteiger partial charge in [-0.1, -0.05) is 0 Å². The van der Waals surface area contributed by atoms with E-state index in [1.807, 2.05) is 32.0 Å². The molecule has 0 aliphatic heterocycles. The standard InChI is InChI=1S/C14H17N3O2/c1-8-13(16-9(2)17-14(8)15)11-6-5-10(18-3)7-12(11)19-4/h5-7H,1-4H3,(H2,15,16,17). The first-order valence-corrected chi connectivity index (χ1v) is 5.90. The van der Waals surface area contributed by atoms with Crippen LogP contribution in [-0.4, -0.2) is 24.2 Å². The molecule has 5 nitrogen and oxygen atoms in total. The molecule has 2 N–H and O–H groups in total. The van der Waals surface area contributed by atoms with Crippen molar-refractivity contribution in [1.29, 1.82) is 0 Å². The fourth-order valence-corrected chi connectivity index (χ4v) is 1.91. The number of benzene rings is 1. The highest BCUT2D eigenvalue weighted by molar-refractivity contribution is 5.73. The molecule has 5 heteroatoms. The van der Waals surface area contributed by atoms with Gasteiger partial charge in [0, 0.05) is 17.2 Å². The van der Waals surface area contributed by atoms with E-state index in [1.54, 1.807) is 14.2 Å². The highest BCUT2D eigenvalue weighted by Gasteiger charge is 2.14. The van der Waals surface area contributed by atoms with Crippen molar-refractivity contribution in [3.63, 3.8) is 0 Å². The van der Waals surface area contributed by atoms with E-state index < -0.39 is 0 Å². The monoisotopic (exact) mass is 259 g/mol. The number of anilines is 1. The summed E-state index contributed by atoms with van der Waals surface area (Å²) in [6.45, 7) is 3.71. The summed E-state index contributed by atoms with van der Waals surface area (Å²) < 4.78 is 10.6. The van der Waals surface area contributed by atoms with Crippen molar-refractivity contribution < 1.29 is 9.47 Å². The molecule has 0 saturated heterocycles. The molecule has 0 unspecified atom stereocenters. The molecular formula is C14H17N3O2. The third-order valence-electron chi connectivity index (χ3n) is 2.96. The summed E-state index contributed by atoms with van der Waals surface area (Å²) in [7, 11) is 3.23. The molecule has 0 aliphatic carbocycles. The second-order valence-corrected chi connectivity index (χ2v) is 4.20. The Balaban J connectivity index is 2.65. The van der Waals surface area contributed by atoms with Crippen molar-refractivity contribution in [1.82, 2.24) is 9.97 Å². The first-order chi connectivity index (χ1) is 9.06. The zero-order valence-corrected chi connectivity index (χ0v) is 11.5. The normalized spacial score (nSPS) is 10.3. The number of ether oxygens (including phenoxy) is 2.